The van der Waals surface area contributed by atoms with Crippen LogP contribution in [0.3, 0.4) is 0 Å². The summed E-state index contributed by atoms with van der Waals surface area (Å²) in [6.45, 7) is 2.30. The Morgan fingerprint density at radius 1 is 1.28 bits per heavy atom. The van der Waals surface area contributed by atoms with Crippen LogP contribution in [0, 0.1) is 6.92 Å². The quantitative estimate of drug-likeness (QED) is 0.713. The molecule has 2 aromatic heterocycles. The first kappa shape index (κ1) is 15.6. The van der Waals surface area contributed by atoms with Crippen LogP contribution in [-0.2, 0) is 0 Å². The summed E-state index contributed by atoms with van der Waals surface area (Å²) in [4.78, 5) is 31.2. The van der Waals surface area contributed by atoms with E-state index in [1.807, 2.05) is 0 Å². The third kappa shape index (κ3) is 2.82. The molecule has 0 aliphatic carbocycles. The number of aryl methyl sites for hydroxylation is 1. The molecule has 7 nitrogen and oxygen atoms in total. The van der Waals surface area contributed by atoms with Crippen LogP contribution in [0.4, 0.5) is 0 Å². The number of hydrogen-bond donors (Lipinski definition) is 0. The van der Waals surface area contributed by atoms with Crippen molar-refractivity contribution in [3.05, 3.63) is 58.0 Å². The van der Waals surface area contributed by atoms with Gasteiger partial charge in [-0.25, -0.2) is 0 Å². The number of piperidine rings is 1. The number of para-hydroxylation sites is 1. The number of carbonyl (C=O) groups excluding carboxylic acids is 1. The number of hydrogen-bond acceptors (Lipinski definition) is 6. The summed E-state index contributed by atoms with van der Waals surface area (Å²) >= 11 is 0. The molecule has 1 aliphatic heterocycles. The van der Waals surface area contributed by atoms with Gasteiger partial charge in [-0.3, -0.25) is 9.59 Å². The van der Waals surface area contributed by atoms with Crippen molar-refractivity contribution < 1.29 is 13.7 Å². The molecule has 1 aliphatic rings. The van der Waals surface area contributed by atoms with Crippen molar-refractivity contribution in [2.24, 2.45) is 0 Å². The minimum atomic E-state index is -0.330. The first-order valence-corrected chi connectivity index (χ1v) is 8.27. The minimum Gasteiger partial charge on any atom is -0.451 e. The summed E-state index contributed by atoms with van der Waals surface area (Å²) in [6.07, 6.45) is 2.59. The van der Waals surface area contributed by atoms with Gasteiger partial charge in [0.15, 0.2) is 17.0 Å². The van der Waals surface area contributed by atoms with Gasteiger partial charge in [0.1, 0.15) is 11.6 Å². The first-order valence-electron chi connectivity index (χ1n) is 8.27. The number of benzene rings is 1. The maximum absolute atomic E-state index is 13.0. The van der Waals surface area contributed by atoms with Crippen molar-refractivity contribution in [2.75, 3.05) is 6.54 Å². The Hall–Kier alpha value is -2.96. The Kier molecular flexibility index (Phi) is 3.83. The maximum atomic E-state index is 13.0. The minimum absolute atomic E-state index is 0.0341. The molecule has 0 bridgehead atoms. The van der Waals surface area contributed by atoms with Gasteiger partial charge in [-0.05, 0) is 38.3 Å². The fraction of sp³-hybridized carbons (Fsp3) is 0.333. The zero-order chi connectivity index (χ0) is 17.4. The lowest BCUT2D eigenvalue weighted by Crippen LogP contribution is -2.39. The van der Waals surface area contributed by atoms with E-state index in [1.165, 1.54) is 6.07 Å². The molecular formula is C18H17N3O4. The number of likely N-dealkylation sites (tertiary alicyclic amines) is 1. The predicted molar refractivity (Wildman–Crippen MR) is 89.1 cm³/mol. The summed E-state index contributed by atoms with van der Waals surface area (Å²) in [5.74, 6) is 0.661. The SMILES string of the molecule is Cc1noc([C@@H]2CCCCN2C(=O)c2cc(=O)c3ccccc3o2)n1. The number of amides is 1. The molecule has 0 unspecified atom stereocenters. The zero-order valence-corrected chi connectivity index (χ0v) is 13.8. The van der Waals surface area contributed by atoms with Crippen LogP contribution in [0.1, 0.15) is 47.6 Å². The standard InChI is InChI=1S/C18H17N3O4/c1-11-19-17(25-20-11)13-7-4-5-9-21(13)18(23)16-10-14(22)12-6-2-3-8-15(12)24-16/h2-3,6,8,10,13H,4-5,7,9H2,1H3/t13-/m0/s1. The van der Waals surface area contributed by atoms with Crippen molar-refractivity contribution in [3.63, 3.8) is 0 Å². The van der Waals surface area contributed by atoms with Gasteiger partial charge >= 0.3 is 0 Å². The van der Waals surface area contributed by atoms with Crippen LogP contribution in [0.15, 0.2) is 44.1 Å². The summed E-state index contributed by atoms with van der Waals surface area (Å²) in [6, 6.07) is 7.86. The summed E-state index contributed by atoms with van der Waals surface area (Å²) in [5, 5.41) is 4.28. The number of carbonyl (C=O) groups is 1. The molecule has 1 fully saturated rings. The second-order valence-electron chi connectivity index (χ2n) is 6.16. The summed E-state index contributed by atoms with van der Waals surface area (Å²) in [7, 11) is 0. The third-order valence-electron chi connectivity index (χ3n) is 4.44. The molecule has 25 heavy (non-hydrogen) atoms. The predicted octanol–water partition coefficient (Wildman–Crippen LogP) is 2.85. The van der Waals surface area contributed by atoms with E-state index in [-0.39, 0.29) is 23.1 Å². The lowest BCUT2D eigenvalue weighted by molar-refractivity contribution is 0.0530. The topological polar surface area (TPSA) is 89.4 Å². The van der Waals surface area contributed by atoms with Crippen molar-refractivity contribution in [1.29, 1.82) is 0 Å². The molecule has 0 saturated carbocycles. The van der Waals surface area contributed by atoms with Crippen LogP contribution in [-0.4, -0.2) is 27.5 Å². The Balaban J connectivity index is 1.72. The maximum Gasteiger partial charge on any atom is 0.290 e. The average molecular weight is 339 g/mol. The summed E-state index contributed by atoms with van der Waals surface area (Å²) < 4.78 is 11.0. The van der Waals surface area contributed by atoms with Gasteiger partial charge in [0, 0.05) is 12.6 Å². The number of nitrogens with zero attached hydrogens (tertiary/aromatic N) is 3. The highest BCUT2D eigenvalue weighted by Gasteiger charge is 2.33. The molecule has 0 radical (unpaired) electrons. The van der Waals surface area contributed by atoms with Crippen LogP contribution < -0.4 is 5.43 Å². The zero-order valence-electron chi connectivity index (χ0n) is 13.8. The van der Waals surface area contributed by atoms with Crippen molar-refractivity contribution >= 4 is 16.9 Å². The lowest BCUT2D eigenvalue weighted by atomic mass is 10.0. The van der Waals surface area contributed by atoms with Crippen LogP contribution in [0.2, 0.25) is 0 Å². The monoisotopic (exact) mass is 339 g/mol. The van der Waals surface area contributed by atoms with Gasteiger partial charge in [0.25, 0.3) is 5.91 Å². The molecular weight excluding hydrogens is 322 g/mol. The Morgan fingerprint density at radius 3 is 2.92 bits per heavy atom. The van der Waals surface area contributed by atoms with Gasteiger partial charge in [0.05, 0.1) is 5.39 Å². The van der Waals surface area contributed by atoms with E-state index in [2.05, 4.69) is 10.1 Å². The molecule has 3 heterocycles. The second-order valence-corrected chi connectivity index (χ2v) is 6.16. The van der Waals surface area contributed by atoms with Crippen molar-refractivity contribution in [1.82, 2.24) is 15.0 Å². The van der Waals surface area contributed by atoms with Crippen LogP contribution in [0.25, 0.3) is 11.0 Å². The van der Waals surface area contributed by atoms with Crippen LogP contribution >= 0.6 is 0 Å². The molecule has 0 spiro atoms. The average Bonchev–Trinajstić information content (AvgIpc) is 3.07. The van der Waals surface area contributed by atoms with Gasteiger partial charge < -0.3 is 13.8 Å². The fourth-order valence-electron chi connectivity index (χ4n) is 3.23. The number of fused-ring (bicyclic) bond motifs is 1. The molecule has 1 aromatic carbocycles. The number of aromatic nitrogens is 2. The highest BCUT2D eigenvalue weighted by Crippen LogP contribution is 2.31. The largest absolute Gasteiger partial charge is 0.451 e. The van der Waals surface area contributed by atoms with Gasteiger partial charge in [0.2, 0.25) is 5.89 Å². The van der Waals surface area contributed by atoms with E-state index in [1.54, 1.807) is 36.1 Å². The van der Waals surface area contributed by atoms with Crippen molar-refractivity contribution in [3.8, 4) is 0 Å². The lowest BCUT2D eigenvalue weighted by Gasteiger charge is -2.32. The molecule has 3 aromatic rings. The van der Waals surface area contributed by atoms with Crippen LogP contribution in [0.5, 0.6) is 0 Å². The highest BCUT2D eigenvalue weighted by atomic mass is 16.5. The molecule has 1 atom stereocenters. The summed E-state index contributed by atoms with van der Waals surface area (Å²) in [5.41, 5.74) is 0.174. The molecule has 4 rings (SSSR count). The van der Waals surface area contributed by atoms with E-state index in [0.717, 1.165) is 19.3 Å². The van der Waals surface area contributed by atoms with E-state index in [4.69, 9.17) is 8.94 Å². The molecule has 1 amide bonds. The highest BCUT2D eigenvalue weighted by molar-refractivity contribution is 5.93. The molecule has 0 N–H and O–H groups in total. The van der Waals surface area contributed by atoms with Gasteiger partial charge in [-0.1, -0.05) is 17.3 Å². The van der Waals surface area contributed by atoms with E-state index in [0.29, 0.717) is 29.2 Å². The molecule has 128 valence electrons. The van der Waals surface area contributed by atoms with Gasteiger partial charge in [-0.2, -0.15) is 4.98 Å². The van der Waals surface area contributed by atoms with E-state index < -0.39 is 0 Å². The Morgan fingerprint density at radius 2 is 2.12 bits per heavy atom. The smallest absolute Gasteiger partial charge is 0.290 e. The fourth-order valence-corrected chi connectivity index (χ4v) is 3.23. The third-order valence-corrected chi connectivity index (χ3v) is 4.44. The van der Waals surface area contributed by atoms with E-state index in [9.17, 15) is 9.59 Å². The normalized spacial score (nSPS) is 17.8. The first-order chi connectivity index (χ1) is 12.1. The second kappa shape index (κ2) is 6.16. The Bertz CT molecular complexity index is 991. The Labute approximate surface area is 143 Å². The van der Waals surface area contributed by atoms with E-state index >= 15 is 0 Å². The number of rotatable bonds is 2. The van der Waals surface area contributed by atoms with Crippen molar-refractivity contribution in [2.45, 2.75) is 32.2 Å². The molecule has 1 saturated heterocycles. The molecule has 7 heteroatoms. The van der Waals surface area contributed by atoms with Gasteiger partial charge in [-0.15, -0.1) is 0 Å².